The summed E-state index contributed by atoms with van der Waals surface area (Å²) in [7, 11) is 0. The highest BCUT2D eigenvalue weighted by molar-refractivity contribution is 5.83. The molecule has 1 saturated heterocycles. The Bertz CT molecular complexity index is 684. The molecule has 0 amide bonds. The molecule has 1 N–H and O–H groups in total. The lowest BCUT2D eigenvalue weighted by molar-refractivity contribution is -0.921. The fourth-order valence-corrected chi connectivity index (χ4v) is 2.93. The second-order valence-corrected chi connectivity index (χ2v) is 5.59. The van der Waals surface area contributed by atoms with Gasteiger partial charge in [0.15, 0.2) is 0 Å². The van der Waals surface area contributed by atoms with E-state index in [2.05, 4.69) is 19.1 Å². The summed E-state index contributed by atoms with van der Waals surface area (Å²) in [5.74, 6) is 0. The number of hydrogen-bond acceptors (Lipinski definition) is 3. The Morgan fingerprint density at radius 1 is 1.15 bits per heavy atom. The zero-order valence-corrected chi connectivity index (χ0v) is 12.0. The number of morpholine rings is 1. The number of nitrogens with one attached hydrogen (secondary N) is 1. The van der Waals surface area contributed by atoms with E-state index in [0.29, 0.717) is 0 Å². The van der Waals surface area contributed by atoms with Gasteiger partial charge in [0.1, 0.15) is 25.2 Å². The van der Waals surface area contributed by atoms with E-state index in [1.54, 1.807) is 6.07 Å². The van der Waals surface area contributed by atoms with E-state index in [1.165, 1.54) is 10.5 Å². The van der Waals surface area contributed by atoms with E-state index < -0.39 is 0 Å². The third-order valence-corrected chi connectivity index (χ3v) is 3.90. The highest BCUT2D eigenvalue weighted by Crippen LogP contribution is 2.22. The standard InChI is InChI=1S/C16H19NO3/c1-11-7-12(2)16-14(8-11)13(9-15(18)20-16)10-17-3-5-19-6-4-17/h7-9H,3-6,10H2,1-2H3/p+1. The smallest absolute Gasteiger partial charge is 0.336 e. The first-order valence-corrected chi connectivity index (χ1v) is 7.09. The lowest BCUT2D eigenvalue weighted by atomic mass is 10.0. The molecule has 1 aliphatic heterocycles. The molecule has 1 fully saturated rings. The van der Waals surface area contributed by atoms with Crippen molar-refractivity contribution in [3.8, 4) is 0 Å². The molecule has 3 rings (SSSR count). The van der Waals surface area contributed by atoms with Crippen molar-refractivity contribution in [1.29, 1.82) is 0 Å². The second kappa shape index (κ2) is 5.38. The number of aryl methyl sites for hydroxylation is 2. The molecule has 2 aromatic rings. The van der Waals surface area contributed by atoms with Gasteiger partial charge >= 0.3 is 5.63 Å². The number of fused-ring (bicyclic) bond motifs is 1. The topological polar surface area (TPSA) is 43.9 Å². The fourth-order valence-electron chi connectivity index (χ4n) is 2.93. The lowest BCUT2D eigenvalue weighted by Gasteiger charge is -2.24. The molecule has 0 bridgehead atoms. The fraction of sp³-hybridized carbons (Fsp3) is 0.438. The van der Waals surface area contributed by atoms with Gasteiger partial charge in [0.05, 0.1) is 13.2 Å². The van der Waals surface area contributed by atoms with E-state index in [4.69, 9.17) is 9.15 Å². The van der Waals surface area contributed by atoms with Crippen molar-refractivity contribution in [2.24, 2.45) is 0 Å². The minimum atomic E-state index is -0.257. The molecule has 106 valence electrons. The van der Waals surface area contributed by atoms with Crippen LogP contribution in [0.15, 0.2) is 27.4 Å². The quantitative estimate of drug-likeness (QED) is 0.825. The van der Waals surface area contributed by atoms with Gasteiger partial charge in [-0.15, -0.1) is 0 Å². The van der Waals surface area contributed by atoms with Crippen molar-refractivity contribution in [3.05, 3.63) is 45.3 Å². The van der Waals surface area contributed by atoms with Crippen LogP contribution in [0.1, 0.15) is 16.7 Å². The third-order valence-electron chi connectivity index (χ3n) is 3.90. The number of benzene rings is 1. The van der Waals surface area contributed by atoms with Crippen LogP contribution < -0.4 is 10.5 Å². The predicted molar refractivity (Wildman–Crippen MR) is 77.2 cm³/mol. The summed E-state index contributed by atoms with van der Waals surface area (Å²) in [4.78, 5) is 13.2. The van der Waals surface area contributed by atoms with Crippen LogP contribution in [0.25, 0.3) is 11.0 Å². The third kappa shape index (κ3) is 2.62. The molecule has 1 aromatic heterocycles. The Morgan fingerprint density at radius 2 is 1.90 bits per heavy atom. The van der Waals surface area contributed by atoms with Gasteiger partial charge in [-0.2, -0.15) is 0 Å². The van der Waals surface area contributed by atoms with Crippen LogP contribution in [0.3, 0.4) is 0 Å². The molecule has 1 aromatic carbocycles. The Hall–Kier alpha value is -1.65. The summed E-state index contributed by atoms with van der Waals surface area (Å²) >= 11 is 0. The molecule has 0 atom stereocenters. The van der Waals surface area contributed by atoms with Crippen LogP contribution in [-0.2, 0) is 11.3 Å². The average Bonchev–Trinajstić information content (AvgIpc) is 2.41. The Labute approximate surface area is 118 Å². The predicted octanol–water partition coefficient (Wildman–Crippen LogP) is 0.825. The maximum Gasteiger partial charge on any atom is 0.336 e. The lowest BCUT2D eigenvalue weighted by Crippen LogP contribution is -3.12. The van der Waals surface area contributed by atoms with Crippen LogP contribution in [0.2, 0.25) is 0 Å². The van der Waals surface area contributed by atoms with Gasteiger partial charge in [0.2, 0.25) is 0 Å². The Morgan fingerprint density at radius 3 is 2.65 bits per heavy atom. The molecule has 2 heterocycles. The first-order chi connectivity index (χ1) is 9.63. The minimum absolute atomic E-state index is 0.257. The summed E-state index contributed by atoms with van der Waals surface area (Å²) in [6.45, 7) is 8.50. The molecule has 4 nitrogen and oxygen atoms in total. The SMILES string of the molecule is Cc1cc(C)c2oc(=O)cc(C[NH+]3CCOCC3)c2c1. The minimum Gasteiger partial charge on any atom is -0.422 e. The zero-order valence-electron chi connectivity index (χ0n) is 12.0. The molecule has 0 spiro atoms. The monoisotopic (exact) mass is 274 g/mol. The largest absolute Gasteiger partial charge is 0.422 e. The summed E-state index contributed by atoms with van der Waals surface area (Å²) < 4.78 is 10.8. The summed E-state index contributed by atoms with van der Waals surface area (Å²) in [6, 6.07) is 5.81. The van der Waals surface area contributed by atoms with Gasteiger partial charge in [-0.1, -0.05) is 6.07 Å². The van der Waals surface area contributed by atoms with E-state index >= 15 is 0 Å². The van der Waals surface area contributed by atoms with Crippen LogP contribution in [0.4, 0.5) is 0 Å². The Kier molecular flexibility index (Phi) is 3.59. The number of rotatable bonds is 2. The highest BCUT2D eigenvalue weighted by Gasteiger charge is 2.17. The molecule has 0 unspecified atom stereocenters. The van der Waals surface area contributed by atoms with Crippen LogP contribution in [-0.4, -0.2) is 26.3 Å². The van der Waals surface area contributed by atoms with Crippen LogP contribution >= 0.6 is 0 Å². The van der Waals surface area contributed by atoms with Crippen LogP contribution in [0.5, 0.6) is 0 Å². The molecular weight excluding hydrogens is 254 g/mol. The molecule has 4 heteroatoms. The first kappa shape index (κ1) is 13.3. The number of hydrogen-bond donors (Lipinski definition) is 1. The summed E-state index contributed by atoms with van der Waals surface area (Å²) in [5, 5.41) is 1.07. The van der Waals surface area contributed by atoms with E-state index in [9.17, 15) is 4.79 Å². The maximum atomic E-state index is 11.8. The molecule has 0 aliphatic carbocycles. The highest BCUT2D eigenvalue weighted by atomic mass is 16.5. The van der Waals surface area contributed by atoms with Crippen molar-refractivity contribution in [2.75, 3.05) is 26.3 Å². The molecule has 20 heavy (non-hydrogen) atoms. The maximum absolute atomic E-state index is 11.8. The van der Waals surface area contributed by atoms with E-state index in [0.717, 1.165) is 54.9 Å². The van der Waals surface area contributed by atoms with Crippen molar-refractivity contribution in [3.63, 3.8) is 0 Å². The van der Waals surface area contributed by atoms with E-state index in [-0.39, 0.29) is 5.63 Å². The Balaban J connectivity index is 2.06. The van der Waals surface area contributed by atoms with Crippen molar-refractivity contribution in [1.82, 2.24) is 0 Å². The average molecular weight is 274 g/mol. The molecule has 1 aliphatic rings. The molecular formula is C16H20NO3+. The van der Waals surface area contributed by atoms with E-state index in [1.807, 2.05) is 6.92 Å². The van der Waals surface area contributed by atoms with Gasteiger partial charge in [0.25, 0.3) is 0 Å². The van der Waals surface area contributed by atoms with Gasteiger partial charge < -0.3 is 14.1 Å². The van der Waals surface area contributed by atoms with Gasteiger partial charge in [-0.3, -0.25) is 0 Å². The zero-order chi connectivity index (χ0) is 14.1. The number of quaternary nitrogens is 1. The summed E-state index contributed by atoms with van der Waals surface area (Å²) in [5.41, 5.74) is 3.77. The molecule has 0 saturated carbocycles. The first-order valence-electron chi connectivity index (χ1n) is 7.09. The van der Waals surface area contributed by atoms with Crippen LogP contribution in [0, 0.1) is 13.8 Å². The van der Waals surface area contributed by atoms with Crippen molar-refractivity contribution in [2.45, 2.75) is 20.4 Å². The summed E-state index contributed by atoms with van der Waals surface area (Å²) in [6.07, 6.45) is 0. The van der Waals surface area contributed by atoms with Gasteiger partial charge in [-0.05, 0) is 31.0 Å². The van der Waals surface area contributed by atoms with Crippen molar-refractivity contribution >= 4 is 11.0 Å². The van der Waals surface area contributed by atoms with Gasteiger partial charge in [0, 0.05) is 17.0 Å². The van der Waals surface area contributed by atoms with Gasteiger partial charge in [-0.25, -0.2) is 4.79 Å². The second-order valence-electron chi connectivity index (χ2n) is 5.59. The normalized spacial score (nSPS) is 16.7. The van der Waals surface area contributed by atoms with Crippen molar-refractivity contribution < 1.29 is 14.1 Å². The molecule has 0 radical (unpaired) electrons. The number of ether oxygens (including phenoxy) is 1.